The van der Waals surface area contributed by atoms with Gasteiger partial charge in [0.15, 0.2) is 0 Å². The molecule has 0 saturated carbocycles. The molecule has 0 unspecified atom stereocenters. The van der Waals surface area contributed by atoms with Crippen LogP contribution in [0.15, 0.2) is 24.8 Å². The van der Waals surface area contributed by atoms with Gasteiger partial charge in [0.05, 0.1) is 0 Å². The standard InChI is InChI=1S/C10H14.C3H8.C3H6.C2H6/c1-7-5-9(3)10(4)6-8(7)2;2*1-3-2;1-2/h5-6H,1-4H3;3H2,1-2H3;3H,1H2,2H3;1-2H3. The summed E-state index contributed by atoms with van der Waals surface area (Å²) in [5.41, 5.74) is 5.57. The molecular formula is C18H34. The van der Waals surface area contributed by atoms with E-state index in [-0.39, 0.29) is 0 Å². The lowest BCUT2D eigenvalue weighted by Crippen LogP contribution is -1.86. The lowest BCUT2D eigenvalue weighted by molar-refractivity contribution is 1.09. The quantitative estimate of drug-likeness (QED) is 0.458. The Morgan fingerprint density at radius 1 is 0.833 bits per heavy atom. The second-order valence-corrected chi connectivity index (χ2v) is 4.14. The van der Waals surface area contributed by atoms with Gasteiger partial charge in [-0.3, -0.25) is 0 Å². The lowest BCUT2D eigenvalue weighted by atomic mass is 10.0. The number of allylic oxidation sites excluding steroid dienone is 1. The monoisotopic (exact) mass is 250 g/mol. The molecule has 0 spiro atoms. The summed E-state index contributed by atoms with van der Waals surface area (Å²) < 4.78 is 0. The molecule has 1 aromatic rings. The molecule has 18 heavy (non-hydrogen) atoms. The highest BCUT2D eigenvalue weighted by atomic mass is 14.0. The van der Waals surface area contributed by atoms with Crippen molar-refractivity contribution in [2.24, 2.45) is 0 Å². The van der Waals surface area contributed by atoms with Crippen LogP contribution in [-0.2, 0) is 0 Å². The molecule has 0 heterocycles. The topological polar surface area (TPSA) is 0 Å². The third-order valence-corrected chi connectivity index (χ3v) is 2.11. The molecule has 0 N–H and O–H groups in total. The number of rotatable bonds is 0. The average molecular weight is 250 g/mol. The van der Waals surface area contributed by atoms with Crippen molar-refractivity contribution in [2.45, 2.75) is 68.7 Å². The van der Waals surface area contributed by atoms with Gasteiger partial charge in [-0.2, -0.15) is 0 Å². The van der Waals surface area contributed by atoms with Crippen LogP contribution < -0.4 is 0 Å². The lowest BCUT2D eigenvalue weighted by Gasteiger charge is -2.04. The smallest absolute Gasteiger partial charge is 0.0395 e. The van der Waals surface area contributed by atoms with Crippen molar-refractivity contribution in [3.63, 3.8) is 0 Å². The fourth-order valence-electron chi connectivity index (χ4n) is 1.10. The molecule has 0 aliphatic rings. The third-order valence-electron chi connectivity index (χ3n) is 2.11. The predicted octanol–water partition coefficient (Wildman–Crippen LogP) is 6.56. The Bertz CT molecular complexity index is 245. The summed E-state index contributed by atoms with van der Waals surface area (Å²) in [5.74, 6) is 0. The second-order valence-electron chi connectivity index (χ2n) is 4.14. The maximum atomic E-state index is 3.36. The van der Waals surface area contributed by atoms with Crippen LogP contribution in [0, 0.1) is 27.7 Å². The molecule has 0 fully saturated rings. The van der Waals surface area contributed by atoms with E-state index < -0.39 is 0 Å². The van der Waals surface area contributed by atoms with Gasteiger partial charge in [-0.25, -0.2) is 0 Å². The van der Waals surface area contributed by atoms with Gasteiger partial charge >= 0.3 is 0 Å². The van der Waals surface area contributed by atoms with Crippen molar-refractivity contribution < 1.29 is 0 Å². The third kappa shape index (κ3) is 13.0. The molecule has 1 aromatic carbocycles. The van der Waals surface area contributed by atoms with Crippen molar-refractivity contribution in [2.75, 3.05) is 0 Å². The SMILES string of the molecule is C=CC.CC.CCC.Cc1cc(C)c(C)cc1C. The second kappa shape index (κ2) is 16.0. The molecule has 0 amide bonds. The first-order chi connectivity index (χ1) is 8.44. The van der Waals surface area contributed by atoms with Crippen LogP contribution in [0.4, 0.5) is 0 Å². The fraction of sp³-hybridized carbons (Fsp3) is 0.556. The maximum Gasteiger partial charge on any atom is -0.0395 e. The minimum atomic E-state index is 1.25. The first-order valence-corrected chi connectivity index (χ1v) is 7.05. The van der Waals surface area contributed by atoms with Crippen LogP contribution in [0.2, 0.25) is 0 Å². The number of aryl methyl sites for hydroxylation is 4. The van der Waals surface area contributed by atoms with Gasteiger partial charge in [-0.15, -0.1) is 6.58 Å². The summed E-state index contributed by atoms with van der Waals surface area (Å²) in [5, 5.41) is 0. The Kier molecular flexibility index (Phi) is 19.7. The molecule has 0 aliphatic carbocycles. The van der Waals surface area contributed by atoms with Crippen LogP contribution in [0.1, 0.15) is 63.3 Å². The molecule has 0 saturated heterocycles. The van der Waals surface area contributed by atoms with E-state index in [1.54, 1.807) is 6.08 Å². The highest BCUT2D eigenvalue weighted by Crippen LogP contribution is 2.13. The van der Waals surface area contributed by atoms with Crippen molar-refractivity contribution >= 4 is 0 Å². The van der Waals surface area contributed by atoms with Gasteiger partial charge in [0.25, 0.3) is 0 Å². The molecule has 0 aliphatic heterocycles. The minimum Gasteiger partial charge on any atom is -0.103 e. The number of benzene rings is 1. The van der Waals surface area contributed by atoms with E-state index in [1.165, 1.54) is 28.7 Å². The molecule has 106 valence electrons. The minimum absolute atomic E-state index is 1.25. The van der Waals surface area contributed by atoms with Gasteiger partial charge in [0.2, 0.25) is 0 Å². The Labute approximate surface area is 116 Å². The van der Waals surface area contributed by atoms with Crippen molar-refractivity contribution in [3.8, 4) is 0 Å². The molecule has 0 aromatic heterocycles. The van der Waals surface area contributed by atoms with Crippen molar-refractivity contribution in [3.05, 3.63) is 47.0 Å². The first-order valence-electron chi connectivity index (χ1n) is 7.05. The van der Waals surface area contributed by atoms with Crippen LogP contribution in [0.3, 0.4) is 0 Å². The van der Waals surface area contributed by atoms with Crippen LogP contribution in [0.25, 0.3) is 0 Å². The Morgan fingerprint density at radius 3 is 1.06 bits per heavy atom. The summed E-state index contributed by atoms with van der Waals surface area (Å²) in [6.45, 7) is 22.1. The Balaban J connectivity index is -0.000000237. The van der Waals surface area contributed by atoms with Crippen molar-refractivity contribution in [1.29, 1.82) is 0 Å². The zero-order valence-electron chi connectivity index (χ0n) is 14.1. The Morgan fingerprint density at radius 2 is 0.944 bits per heavy atom. The van der Waals surface area contributed by atoms with Gasteiger partial charge in [-0.1, -0.05) is 52.3 Å². The van der Waals surface area contributed by atoms with Gasteiger partial charge in [-0.05, 0) is 56.9 Å². The average Bonchev–Trinajstić information content (AvgIpc) is 2.31. The van der Waals surface area contributed by atoms with Gasteiger partial charge in [0.1, 0.15) is 0 Å². The number of hydrogen-bond donors (Lipinski definition) is 0. The normalized spacial score (nSPS) is 7.61. The molecule has 0 heteroatoms. The maximum absolute atomic E-state index is 3.36. The molecule has 1 rings (SSSR count). The molecule has 0 atom stereocenters. The zero-order valence-corrected chi connectivity index (χ0v) is 14.1. The molecule has 0 bridgehead atoms. The first kappa shape index (κ1) is 22.2. The van der Waals surface area contributed by atoms with E-state index in [2.05, 4.69) is 60.3 Å². The predicted molar refractivity (Wildman–Crippen MR) is 88.6 cm³/mol. The Hall–Kier alpha value is -1.04. The largest absolute Gasteiger partial charge is 0.103 e. The van der Waals surface area contributed by atoms with Crippen LogP contribution in [0.5, 0.6) is 0 Å². The molecule has 0 nitrogen and oxygen atoms in total. The van der Waals surface area contributed by atoms with Gasteiger partial charge in [0, 0.05) is 0 Å². The van der Waals surface area contributed by atoms with Crippen LogP contribution >= 0.6 is 0 Å². The summed E-state index contributed by atoms with van der Waals surface area (Å²) in [4.78, 5) is 0. The van der Waals surface area contributed by atoms with E-state index in [9.17, 15) is 0 Å². The fourth-order valence-corrected chi connectivity index (χ4v) is 1.10. The summed E-state index contributed by atoms with van der Waals surface area (Å²) in [7, 11) is 0. The summed E-state index contributed by atoms with van der Waals surface area (Å²) >= 11 is 0. The summed E-state index contributed by atoms with van der Waals surface area (Å²) in [6, 6.07) is 4.48. The summed E-state index contributed by atoms with van der Waals surface area (Å²) in [6.07, 6.45) is 3.00. The highest BCUT2D eigenvalue weighted by Gasteiger charge is 1.95. The number of hydrogen-bond acceptors (Lipinski definition) is 0. The van der Waals surface area contributed by atoms with Crippen molar-refractivity contribution in [1.82, 2.24) is 0 Å². The molecule has 0 radical (unpaired) electrons. The highest BCUT2D eigenvalue weighted by molar-refractivity contribution is 5.35. The van der Waals surface area contributed by atoms with E-state index in [4.69, 9.17) is 0 Å². The van der Waals surface area contributed by atoms with E-state index >= 15 is 0 Å². The van der Waals surface area contributed by atoms with Gasteiger partial charge < -0.3 is 0 Å². The van der Waals surface area contributed by atoms with Crippen LogP contribution in [-0.4, -0.2) is 0 Å². The van der Waals surface area contributed by atoms with E-state index in [0.29, 0.717) is 0 Å². The zero-order chi connectivity index (χ0) is 15.1. The molecular weight excluding hydrogens is 216 g/mol. The van der Waals surface area contributed by atoms with E-state index in [0.717, 1.165) is 0 Å². The van der Waals surface area contributed by atoms with E-state index in [1.807, 2.05) is 20.8 Å².